The molecule has 2 nitrogen and oxygen atoms in total. The van der Waals surface area contributed by atoms with E-state index in [9.17, 15) is 0 Å². The van der Waals surface area contributed by atoms with Gasteiger partial charge in [-0.05, 0) is 18.4 Å². The van der Waals surface area contributed by atoms with Crippen molar-refractivity contribution in [2.45, 2.75) is 39.4 Å². The number of hydrogen-bond acceptors (Lipinski definition) is 2. The lowest BCUT2D eigenvalue weighted by Crippen LogP contribution is -2.56. The molecule has 0 aliphatic carbocycles. The van der Waals surface area contributed by atoms with Gasteiger partial charge in [0.05, 0.1) is 0 Å². The zero-order chi connectivity index (χ0) is 12.3. The van der Waals surface area contributed by atoms with E-state index < -0.39 is 0 Å². The van der Waals surface area contributed by atoms with Gasteiger partial charge in [0.15, 0.2) is 0 Å². The second kappa shape index (κ2) is 5.65. The molecule has 17 heavy (non-hydrogen) atoms. The summed E-state index contributed by atoms with van der Waals surface area (Å²) >= 11 is 0. The van der Waals surface area contributed by atoms with Crippen LogP contribution in [0.5, 0.6) is 0 Å². The van der Waals surface area contributed by atoms with Gasteiger partial charge in [0.25, 0.3) is 0 Å². The number of nitrogens with one attached hydrogen (secondary N) is 1. The maximum Gasteiger partial charge on any atom is 0.0235 e. The Morgan fingerprint density at radius 1 is 1.24 bits per heavy atom. The Kier molecular flexibility index (Phi) is 4.19. The number of hydrogen-bond donors (Lipinski definition) is 1. The smallest absolute Gasteiger partial charge is 0.0235 e. The molecule has 0 radical (unpaired) electrons. The summed E-state index contributed by atoms with van der Waals surface area (Å²) in [5.74, 6) is 0.705. The number of rotatable bonds is 3. The van der Waals surface area contributed by atoms with Crippen LogP contribution in [0.4, 0.5) is 0 Å². The van der Waals surface area contributed by atoms with Gasteiger partial charge in [-0.25, -0.2) is 0 Å². The first-order valence-corrected chi connectivity index (χ1v) is 6.67. The molecular formula is C15H24N2. The van der Waals surface area contributed by atoms with Crippen molar-refractivity contribution in [3.05, 3.63) is 35.9 Å². The van der Waals surface area contributed by atoms with E-state index in [0.717, 1.165) is 19.6 Å². The Hall–Kier alpha value is -0.860. The van der Waals surface area contributed by atoms with Crippen molar-refractivity contribution in [2.24, 2.45) is 5.92 Å². The van der Waals surface area contributed by atoms with E-state index in [1.54, 1.807) is 0 Å². The zero-order valence-corrected chi connectivity index (χ0v) is 11.2. The molecule has 0 unspecified atom stereocenters. The van der Waals surface area contributed by atoms with Crippen LogP contribution in [0.2, 0.25) is 0 Å². The SMILES string of the molecule is CC(C)[C@H]1CN(Cc2ccccc2)C[C@@H](C)N1. The maximum atomic E-state index is 3.69. The third-order valence-corrected chi connectivity index (χ3v) is 3.54. The van der Waals surface area contributed by atoms with Crippen molar-refractivity contribution in [1.82, 2.24) is 10.2 Å². The van der Waals surface area contributed by atoms with E-state index in [2.05, 4.69) is 61.3 Å². The van der Waals surface area contributed by atoms with E-state index >= 15 is 0 Å². The molecule has 1 N–H and O–H groups in total. The number of piperazine rings is 1. The lowest BCUT2D eigenvalue weighted by atomic mass is 9.99. The van der Waals surface area contributed by atoms with Gasteiger partial charge in [-0.3, -0.25) is 4.90 Å². The zero-order valence-electron chi connectivity index (χ0n) is 11.2. The van der Waals surface area contributed by atoms with Gasteiger partial charge in [-0.1, -0.05) is 44.2 Å². The highest BCUT2D eigenvalue weighted by molar-refractivity contribution is 5.14. The number of nitrogens with zero attached hydrogens (tertiary/aromatic N) is 1. The Balaban J connectivity index is 1.96. The average molecular weight is 232 g/mol. The molecule has 0 bridgehead atoms. The molecular weight excluding hydrogens is 208 g/mol. The molecule has 1 aromatic rings. The fourth-order valence-corrected chi connectivity index (χ4v) is 2.58. The molecule has 1 fully saturated rings. The molecule has 0 amide bonds. The minimum absolute atomic E-state index is 0.597. The predicted molar refractivity (Wildman–Crippen MR) is 72.9 cm³/mol. The van der Waals surface area contributed by atoms with Gasteiger partial charge < -0.3 is 5.32 Å². The van der Waals surface area contributed by atoms with Gasteiger partial charge in [0, 0.05) is 31.7 Å². The fraction of sp³-hybridized carbons (Fsp3) is 0.600. The molecule has 2 rings (SSSR count). The van der Waals surface area contributed by atoms with Crippen molar-refractivity contribution < 1.29 is 0 Å². The summed E-state index contributed by atoms with van der Waals surface area (Å²) < 4.78 is 0. The van der Waals surface area contributed by atoms with E-state index in [1.165, 1.54) is 5.56 Å². The molecule has 0 saturated carbocycles. The van der Waals surface area contributed by atoms with Crippen molar-refractivity contribution in [1.29, 1.82) is 0 Å². The first-order valence-electron chi connectivity index (χ1n) is 6.67. The maximum absolute atomic E-state index is 3.69. The molecule has 1 aliphatic heterocycles. The molecule has 1 aliphatic rings. The molecule has 0 spiro atoms. The van der Waals surface area contributed by atoms with Crippen LogP contribution in [0.15, 0.2) is 30.3 Å². The summed E-state index contributed by atoms with van der Waals surface area (Å²) in [6.07, 6.45) is 0. The van der Waals surface area contributed by atoms with Crippen LogP contribution in [-0.4, -0.2) is 30.1 Å². The largest absolute Gasteiger partial charge is 0.309 e. The van der Waals surface area contributed by atoms with Crippen molar-refractivity contribution in [3.63, 3.8) is 0 Å². The van der Waals surface area contributed by atoms with Crippen molar-refractivity contribution in [2.75, 3.05) is 13.1 Å². The summed E-state index contributed by atoms with van der Waals surface area (Å²) in [5, 5.41) is 3.69. The molecule has 2 heteroatoms. The quantitative estimate of drug-likeness (QED) is 0.861. The molecule has 94 valence electrons. The van der Waals surface area contributed by atoms with E-state index in [-0.39, 0.29) is 0 Å². The fourth-order valence-electron chi connectivity index (χ4n) is 2.58. The van der Waals surface area contributed by atoms with Crippen LogP contribution < -0.4 is 5.32 Å². The third kappa shape index (κ3) is 3.55. The van der Waals surface area contributed by atoms with Gasteiger partial charge in [-0.2, -0.15) is 0 Å². The monoisotopic (exact) mass is 232 g/mol. The van der Waals surface area contributed by atoms with Crippen LogP contribution in [-0.2, 0) is 6.54 Å². The van der Waals surface area contributed by atoms with Crippen molar-refractivity contribution >= 4 is 0 Å². The standard InChI is InChI=1S/C15H24N2/c1-12(2)15-11-17(9-13(3)16-15)10-14-7-5-4-6-8-14/h4-8,12-13,15-16H,9-11H2,1-3H3/t13-,15-/m1/s1. The summed E-state index contributed by atoms with van der Waals surface area (Å²) in [5.41, 5.74) is 1.42. The topological polar surface area (TPSA) is 15.3 Å². The van der Waals surface area contributed by atoms with Crippen molar-refractivity contribution in [3.8, 4) is 0 Å². The first-order chi connectivity index (χ1) is 8.15. The Bertz CT molecular complexity index is 334. The summed E-state index contributed by atoms with van der Waals surface area (Å²) in [4.78, 5) is 2.57. The highest BCUT2D eigenvalue weighted by Crippen LogP contribution is 2.14. The average Bonchev–Trinajstić information content (AvgIpc) is 2.29. The third-order valence-electron chi connectivity index (χ3n) is 3.54. The molecule has 2 atom stereocenters. The Morgan fingerprint density at radius 3 is 2.59 bits per heavy atom. The van der Waals surface area contributed by atoms with E-state index in [4.69, 9.17) is 0 Å². The van der Waals surface area contributed by atoms with Crippen LogP contribution in [0.3, 0.4) is 0 Å². The normalized spacial score (nSPS) is 26.4. The number of benzene rings is 1. The summed E-state index contributed by atoms with van der Waals surface area (Å²) in [7, 11) is 0. The first kappa shape index (κ1) is 12.6. The van der Waals surface area contributed by atoms with Gasteiger partial charge >= 0.3 is 0 Å². The Labute approximate surface area is 105 Å². The molecule has 1 saturated heterocycles. The Morgan fingerprint density at radius 2 is 1.94 bits per heavy atom. The van der Waals surface area contributed by atoms with Gasteiger partial charge in [0.1, 0.15) is 0 Å². The minimum Gasteiger partial charge on any atom is -0.309 e. The molecule has 1 aromatic carbocycles. The summed E-state index contributed by atoms with van der Waals surface area (Å²) in [6.45, 7) is 10.3. The second-order valence-corrected chi connectivity index (χ2v) is 5.60. The van der Waals surface area contributed by atoms with Crippen LogP contribution in [0.25, 0.3) is 0 Å². The van der Waals surface area contributed by atoms with Crippen LogP contribution in [0, 0.1) is 5.92 Å². The predicted octanol–water partition coefficient (Wildman–Crippen LogP) is 2.50. The highest BCUT2D eigenvalue weighted by atomic mass is 15.2. The second-order valence-electron chi connectivity index (χ2n) is 5.60. The van der Waals surface area contributed by atoms with Crippen LogP contribution in [0.1, 0.15) is 26.3 Å². The lowest BCUT2D eigenvalue weighted by Gasteiger charge is -2.39. The van der Waals surface area contributed by atoms with Gasteiger partial charge in [-0.15, -0.1) is 0 Å². The highest BCUT2D eigenvalue weighted by Gasteiger charge is 2.25. The molecule has 0 aromatic heterocycles. The van der Waals surface area contributed by atoms with E-state index in [0.29, 0.717) is 18.0 Å². The van der Waals surface area contributed by atoms with Crippen LogP contribution >= 0.6 is 0 Å². The van der Waals surface area contributed by atoms with Gasteiger partial charge in [0.2, 0.25) is 0 Å². The van der Waals surface area contributed by atoms with E-state index in [1.807, 2.05) is 0 Å². The molecule has 1 heterocycles. The minimum atomic E-state index is 0.597. The lowest BCUT2D eigenvalue weighted by molar-refractivity contribution is 0.138. The summed E-state index contributed by atoms with van der Waals surface area (Å²) in [6, 6.07) is 12.0.